The fourth-order valence-electron chi connectivity index (χ4n) is 2.03. The number of nitrogens with one attached hydrogen (secondary N) is 1. The van der Waals surface area contributed by atoms with Crippen molar-refractivity contribution in [2.75, 3.05) is 11.1 Å². The van der Waals surface area contributed by atoms with Gasteiger partial charge in [-0.15, -0.1) is 5.10 Å². The zero-order valence-electron chi connectivity index (χ0n) is 11.0. The van der Waals surface area contributed by atoms with Crippen molar-refractivity contribution in [2.24, 2.45) is 0 Å². The van der Waals surface area contributed by atoms with E-state index in [1.54, 1.807) is 0 Å². The molecule has 1 heterocycles. The second-order valence-electron chi connectivity index (χ2n) is 4.55. The molecule has 0 fully saturated rings. The molecule has 0 spiro atoms. The predicted octanol–water partition coefficient (Wildman–Crippen LogP) is 2.41. The van der Waals surface area contributed by atoms with Crippen LogP contribution in [0.5, 0.6) is 0 Å². The summed E-state index contributed by atoms with van der Waals surface area (Å²) >= 11 is 3.43. The van der Waals surface area contributed by atoms with Crippen LogP contribution in [0.1, 0.15) is 0 Å². The lowest BCUT2D eigenvalue weighted by molar-refractivity contribution is -0.116. The number of nitrogens with zero attached hydrogens (tertiary/aromatic N) is 3. The maximum absolute atomic E-state index is 11.9. The Balaban J connectivity index is 1.75. The van der Waals surface area contributed by atoms with E-state index in [0.29, 0.717) is 0 Å². The van der Waals surface area contributed by atoms with E-state index in [1.807, 2.05) is 36.4 Å². The quantitative estimate of drug-likeness (QED) is 0.763. The predicted molar refractivity (Wildman–Crippen MR) is 84.7 cm³/mol. The van der Waals surface area contributed by atoms with Crippen LogP contribution >= 0.6 is 15.9 Å². The Morgan fingerprint density at radius 1 is 1.24 bits per heavy atom. The van der Waals surface area contributed by atoms with Gasteiger partial charge in [-0.05, 0) is 35.0 Å². The summed E-state index contributed by atoms with van der Waals surface area (Å²) in [7, 11) is 0. The van der Waals surface area contributed by atoms with Crippen LogP contribution in [0.25, 0.3) is 10.8 Å². The Hall–Kier alpha value is -2.41. The first-order chi connectivity index (χ1) is 10.1. The molecule has 3 aromatic rings. The molecule has 7 heteroatoms. The van der Waals surface area contributed by atoms with Crippen molar-refractivity contribution in [1.82, 2.24) is 14.8 Å². The number of fused-ring (bicyclic) bond motifs is 1. The fraction of sp³-hybridized carbons (Fsp3) is 0.0714. The summed E-state index contributed by atoms with van der Waals surface area (Å²) < 4.78 is 2.42. The number of carbonyl (C=O) groups is 1. The molecule has 0 aliphatic rings. The van der Waals surface area contributed by atoms with E-state index >= 15 is 0 Å². The van der Waals surface area contributed by atoms with Gasteiger partial charge in [-0.3, -0.25) is 4.79 Å². The lowest BCUT2D eigenvalue weighted by atomic mass is 10.1. The molecule has 2 aromatic carbocycles. The van der Waals surface area contributed by atoms with E-state index in [-0.39, 0.29) is 18.4 Å². The van der Waals surface area contributed by atoms with E-state index < -0.39 is 0 Å². The molecular formula is C14H12BrN5O. The van der Waals surface area contributed by atoms with Crippen LogP contribution < -0.4 is 11.1 Å². The molecule has 0 aliphatic carbocycles. The number of nitrogen functional groups attached to an aromatic ring is 1. The van der Waals surface area contributed by atoms with Crippen molar-refractivity contribution >= 4 is 44.2 Å². The maximum atomic E-state index is 11.9. The first-order valence-electron chi connectivity index (χ1n) is 6.24. The zero-order chi connectivity index (χ0) is 14.8. The van der Waals surface area contributed by atoms with Crippen molar-refractivity contribution in [1.29, 1.82) is 0 Å². The van der Waals surface area contributed by atoms with E-state index in [2.05, 4.69) is 31.3 Å². The average molecular weight is 346 g/mol. The third-order valence-corrected chi connectivity index (χ3v) is 3.44. The van der Waals surface area contributed by atoms with Crippen LogP contribution in [0.2, 0.25) is 0 Å². The Labute approximate surface area is 129 Å². The standard InChI is InChI=1S/C14H12BrN5O/c15-11-3-1-10-6-12(4-2-9(10)5-11)18-13(21)7-20-8-17-14(16)19-20/h1-6,8H,7H2,(H2,16,19)(H,18,21). The average Bonchev–Trinajstić information content (AvgIpc) is 2.84. The largest absolute Gasteiger partial charge is 0.367 e. The van der Waals surface area contributed by atoms with E-state index in [9.17, 15) is 4.79 Å². The normalized spacial score (nSPS) is 10.7. The zero-order valence-corrected chi connectivity index (χ0v) is 12.5. The number of amides is 1. The minimum Gasteiger partial charge on any atom is -0.367 e. The number of carbonyl (C=O) groups excluding carboxylic acids is 1. The first-order valence-corrected chi connectivity index (χ1v) is 7.03. The molecule has 0 saturated heterocycles. The third-order valence-electron chi connectivity index (χ3n) is 2.95. The first kappa shape index (κ1) is 13.6. The molecule has 0 unspecified atom stereocenters. The minimum atomic E-state index is -0.184. The summed E-state index contributed by atoms with van der Waals surface area (Å²) in [5, 5.41) is 8.86. The lowest BCUT2D eigenvalue weighted by Gasteiger charge is -2.07. The fourth-order valence-corrected chi connectivity index (χ4v) is 2.41. The highest BCUT2D eigenvalue weighted by atomic mass is 79.9. The molecule has 21 heavy (non-hydrogen) atoms. The molecule has 1 amide bonds. The summed E-state index contributed by atoms with van der Waals surface area (Å²) in [6, 6.07) is 11.7. The van der Waals surface area contributed by atoms with Crippen molar-refractivity contribution in [3.8, 4) is 0 Å². The van der Waals surface area contributed by atoms with Gasteiger partial charge in [0.05, 0.1) is 0 Å². The molecule has 3 N–H and O–H groups in total. The number of anilines is 2. The van der Waals surface area contributed by atoms with Crippen LogP contribution in [-0.2, 0) is 11.3 Å². The van der Waals surface area contributed by atoms with Crippen LogP contribution in [0.4, 0.5) is 11.6 Å². The lowest BCUT2D eigenvalue weighted by Crippen LogP contribution is -2.19. The van der Waals surface area contributed by atoms with Gasteiger partial charge in [0.25, 0.3) is 0 Å². The van der Waals surface area contributed by atoms with Crippen molar-refractivity contribution in [2.45, 2.75) is 6.54 Å². The van der Waals surface area contributed by atoms with Gasteiger partial charge in [0.2, 0.25) is 11.9 Å². The van der Waals surface area contributed by atoms with Crippen molar-refractivity contribution < 1.29 is 4.79 Å². The Morgan fingerprint density at radius 3 is 2.76 bits per heavy atom. The molecule has 106 valence electrons. The number of benzene rings is 2. The molecule has 0 bridgehead atoms. The van der Waals surface area contributed by atoms with Crippen LogP contribution in [0, 0.1) is 0 Å². The van der Waals surface area contributed by atoms with Crippen LogP contribution in [-0.4, -0.2) is 20.7 Å². The maximum Gasteiger partial charge on any atom is 0.246 e. The third kappa shape index (κ3) is 3.19. The van der Waals surface area contributed by atoms with Gasteiger partial charge in [-0.1, -0.05) is 28.1 Å². The van der Waals surface area contributed by atoms with Gasteiger partial charge in [-0.25, -0.2) is 9.67 Å². The number of hydrogen-bond donors (Lipinski definition) is 2. The number of nitrogens with two attached hydrogens (primary N) is 1. The second kappa shape index (κ2) is 5.53. The van der Waals surface area contributed by atoms with Crippen molar-refractivity contribution in [3.63, 3.8) is 0 Å². The Morgan fingerprint density at radius 2 is 2.00 bits per heavy atom. The SMILES string of the molecule is Nc1ncn(CC(=O)Nc2ccc3cc(Br)ccc3c2)n1. The van der Waals surface area contributed by atoms with Gasteiger partial charge in [0, 0.05) is 10.2 Å². The number of halogens is 1. The molecule has 6 nitrogen and oxygen atoms in total. The molecule has 3 rings (SSSR count). The van der Waals surface area contributed by atoms with E-state index in [1.165, 1.54) is 11.0 Å². The van der Waals surface area contributed by atoms with Gasteiger partial charge in [-0.2, -0.15) is 0 Å². The number of aromatic nitrogens is 3. The van der Waals surface area contributed by atoms with Gasteiger partial charge >= 0.3 is 0 Å². The summed E-state index contributed by atoms with van der Waals surface area (Å²) in [5.41, 5.74) is 6.14. The number of rotatable bonds is 3. The summed E-state index contributed by atoms with van der Waals surface area (Å²) in [6.45, 7) is 0.0720. The highest BCUT2D eigenvalue weighted by Crippen LogP contribution is 2.22. The highest BCUT2D eigenvalue weighted by Gasteiger charge is 2.06. The van der Waals surface area contributed by atoms with Crippen LogP contribution in [0.3, 0.4) is 0 Å². The summed E-state index contributed by atoms with van der Waals surface area (Å²) in [4.78, 5) is 15.7. The molecule has 0 aliphatic heterocycles. The van der Waals surface area contributed by atoms with E-state index in [4.69, 9.17) is 5.73 Å². The van der Waals surface area contributed by atoms with Gasteiger partial charge in [0.1, 0.15) is 12.9 Å². The van der Waals surface area contributed by atoms with Crippen LogP contribution in [0.15, 0.2) is 47.2 Å². The van der Waals surface area contributed by atoms with E-state index in [0.717, 1.165) is 20.9 Å². The molecular weight excluding hydrogens is 334 g/mol. The minimum absolute atomic E-state index is 0.0720. The monoisotopic (exact) mass is 345 g/mol. The highest BCUT2D eigenvalue weighted by molar-refractivity contribution is 9.10. The Kier molecular flexibility index (Phi) is 3.57. The molecule has 0 radical (unpaired) electrons. The molecule has 0 saturated carbocycles. The Bertz CT molecular complexity index is 814. The van der Waals surface area contributed by atoms with Crippen molar-refractivity contribution in [3.05, 3.63) is 47.2 Å². The molecule has 1 aromatic heterocycles. The summed E-state index contributed by atoms with van der Waals surface area (Å²) in [6.07, 6.45) is 1.42. The molecule has 0 atom stereocenters. The second-order valence-corrected chi connectivity index (χ2v) is 5.47. The smallest absolute Gasteiger partial charge is 0.246 e. The van der Waals surface area contributed by atoms with Gasteiger partial charge < -0.3 is 11.1 Å². The number of hydrogen-bond acceptors (Lipinski definition) is 4. The topological polar surface area (TPSA) is 85.8 Å². The van der Waals surface area contributed by atoms with Gasteiger partial charge in [0.15, 0.2) is 0 Å². The summed E-state index contributed by atoms with van der Waals surface area (Å²) in [5.74, 6) is -0.0320.